The maximum atomic E-state index is 15.2. The molecule has 0 N–H and O–H groups in total. The Morgan fingerprint density at radius 2 is 0.892 bits per heavy atom. The summed E-state index contributed by atoms with van der Waals surface area (Å²) in [7, 11) is -14.9. The van der Waals surface area contributed by atoms with E-state index in [-0.39, 0.29) is 56.0 Å². The van der Waals surface area contributed by atoms with Crippen LogP contribution in [-0.4, -0.2) is 39.1 Å². The zero-order valence-corrected chi connectivity index (χ0v) is 34.6. The molecule has 5 aromatic carbocycles. The highest BCUT2D eigenvalue weighted by atomic mass is 32.2. The molecule has 5 aromatic rings. The Hall–Kier alpha value is -5.78. The van der Waals surface area contributed by atoms with E-state index in [9.17, 15) is 52.7 Å². The summed E-state index contributed by atoms with van der Waals surface area (Å²) in [5.74, 6) is -0.756. The number of alkyl halides is 12. The van der Waals surface area contributed by atoms with Gasteiger partial charge in [-0.1, -0.05) is 97.1 Å². The van der Waals surface area contributed by atoms with Crippen LogP contribution in [-0.2, 0) is 54.1 Å². The standard InChI is InChI=1S/C42H31BF12N2O6S2/c1-2-36(62-20-12-15-27-13-6-3-7-14-27)63-43-56(64(58,59)34-23-30(39(44,45)46)21-31(24-34)40(47,48)49)37(28-16-8-4-9-17-28)38(29-18-10-5-11-19-29)57(43)65(60,61)35-25-32(41(50,51)52)22-33(26-35)42(53,54)55/h2-19,21-26,37-38H,20H2,1H3/b15-12+,36-2-/t37-,38-/m0/s1. The summed E-state index contributed by atoms with van der Waals surface area (Å²) in [6, 6.07) is 15.7. The first-order valence-electron chi connectivity index (χ1n) is 18.7. The number of allylic oxidation sites excluding steroid dienone is 1. The molecule has 0 spiro atoms. The highest BCUT2D eigenvalue weighted by Crippen LogP contribution is 2.52. The lowest BCUT2D eigenvalue weighted by molar-refractivity contribution is -0.145. The van der Waals surface area contributed by atoms with Gasteiger partial charge in [-0.3, -0.25) is 0 Å². The number of halogens is 12. The van der Waals surface area contributed by atoms with Gasteiger partial charge in [0.1, 0.15) is 6.61 Å². The summed E-state index contributed by atoms with van der Waals surface area (Å²) in [5, 5.41) is 0. The molecule has 0 bridgehead atoms. The second-order valence-corrected chi connectivity index (χ2v) is 17.7. The molecule has 0 radical (unpaired) electrons. The van der Waals surface area contributed by atoms with Crippen molar-refractivity contribution >= 4 is 33.3 Å². The summed E-state index contributed by atoms with van der Waals surface area (Å²) < 4.78 is 243. The predicted octanol–water partition coefficient (Wildman–Crippen LogP) is 11.5. The summed E-state index contributed by atoms with van der Waals surface area (Å²) in [6.45, 7) is 0.785. The van der Waals surface area contributed by atoms with Gasteiger partial charge in [-0.05, 0) is 72.2 Å². The third kappa shape index (κ3) is 10.7. The van der Waals surface area contributed by atoms with Crippen molar-refractivity contribution in [3.05, 3.63) is 184 Å². The van der Waals surface area contributed by atoms with Crippen molar-refractivity contribution in [2.75, 3.05) is 6.61 Å². The molecule has 8 nitrogen and oxygen atoms in total. The second kappa shape index (κ2) is 18.2. The summed E-state index contributed by atoms with van der Waals surface area (Å²) in [5.41, 5.74) is -8.19. The Kier molecular flexibility index (Phi) is 13.7. The lowest BCUT2D eigenvalue weighted by Gasteiger charge is -2.29. The predicted molar refractivity (Wildman–Crippen MR) is 211 cm³/mol. The van der Waals surface area contributed by atoms with Crippen molar-refractivity contribution in [3.8, 4) is 0 Å². The van der Waals surface area contributed by atoms with Gasteiger partial charge in [0.15, 0.2) is 0 Å². The number of hydrogen-bond acceptors (Lipinski definition) is 6. The molecule has 0 saturated carbocycles. The Morgan fingerprint density at radius 3 is 1.22 bits per heavy atom. The number of sulfonamides is 2. The molecule has 6 rings (SSSR count). The molecule has 23 heteroatoms. The SMILES string of the molecule is C/C=C(/OC/C=C/c1ccccc1)OB1N(S(=O)(=O)c2cc(C(F)(F)F)cc(C(F)(F)F)c2)[C@@H](c2ccccc2)[C@H](c2ccccc2)N1S(=O)(=O)c1cc(C(F)(F)F)cc(C(F)(F)F)c1. The van der Waals surface area contributed by atoms with Crippen molar-refractivity contribution in [3.63, 3.8) is 0 Å². The summed E-state index contributed by atoms with van der Waals surface area (Å²) in [4.78, 5) is -3.40. The van der Waals surface area contributed by atoms with E-state index >= 15 is 16.8 Å². The quantitative estimate of drug-likeness (QED) is 0.0702. The topological polar surface area (TPSA) is 93.2 Å². The van der Waals surface area contributed by atoms with Crippen molar-refractivity contribution in [1.82, 2.24) is 8.43 Å². The molecule has 0 aromatic heterocycles. The van der Waals surface area contributed by atoms with Gasteiger partial charge in [0.2, 0.25) is 20.0 Å². The van der Waals surface area contributed by atoms with Crippen molar-refractivity contribution in [1.29, 1.82) is 0 Å². The van der Waals surface area contributed by atoms with Gasteiger partial charge in [0, 0.05) is 0 Å². The minimum atomic E-state index is -6.00. The van der Waals surface area contributed by atoms with E-state index in [1.165, 1.54) is 73.7 Å². The highest BCUT2D eigenvalue weighted by molar-refractivity contribution is 7.92. The van der Waals surface area contributed by atoms with Crippen LogP contribution in [0, 0.1) is 0 Å². The van der Waals surface area contributed by atoms with Crippen molar-refractivity contribution < 1.29 is 78.9 Å². The monoisotopic (exact) mass is 962 g/mol. The smallest absolute Gasteiger partial charge is 0.505 e. The first kappa shape index (κ1) is 48.7. The Morgan fingerprint density at radius 1 is 0.554 bits per heavy atom. The molecule has 1 saturated heterocycles. The van der Waals surface area contributed by atoms with Crippen LogP contribution in [0.5, 0.6) is 0 Å². The zero-order chi connectivity index (χ0) is 47.8. The van der Waals surface area contributed by atoms with E-state index in [2.05, 4.69) is 0 Å². The van der Waals surface area contributed by atoms with E-state index in [1.54, 1.807) is 36.4 Å². The second-order valence-electron chi connectivity index (χ2n) is 14.0. The summed E-state index contributed by atoms with van der Waals surface area (Å²) >= 11 is 0. The van der Waals surface area contributed by atoms with Crippen LogP contribution < -0.4 is 0 Å². The average Bonchev–Trinajstić information content (AvgIpc) is 3.60. The third-order valence-corrected chi connectivity index (χ3v) is 13.3. The largest absolute Gasteiger partial charge is 0.580 e. The Balaban J connectivity index is 1.69. The molecule has 0 aliphatic carbocycles. The first-order chi connectivity index (χ1) is 30.2. The van der Waals surface area contributed by atoms with E-state index in [0.29, 0.717) is 5.56 Å². The molecule has 1 aliphatic rings. The van der Waals surface area contributed by atoms with Gasteiger partial charge in [0.05, 0.1) is 44.1 Å². The highest BCUT2D eigenvalue weighted by Gasteiger charge is 2.64. The van der Waals surface area contributed by atoms with Crippen LogP contribution in [0.2, 0.25) is 0 Å². The minimum absolute atomic E-state index is 0.0815. The third-order valence-electron chi connectivity index (χ3n) is 9.73. The molecule has 65 heavy (non-hydrogen) atoms. The number of nitrogens with zero attached hydrogens (tertiary/aromatic N) is 2. The van der Waals surface area contributed by atoms with E-state index in [4.69, 9.17) is 9.39 Å². The van der Waals surface area contributed by atoms with E-state index in [1.807, 2.05) is 0 Å². The van der Waals surface area contributed by atoms with Gasteiger partial charge >= 0.3 is 31.9 Å². The fourth-order valence-electron chi connectivity index (χ4n) is 6.83. The molecule has 1 heterocycles. The van der Waals surface area contributed by atoms with Gasteiger partial charge < -0.3 is 9.39 Å². The maximum absolute atomic E-state index is 15.2. The number of benzene rings is 5. The van der Waals surface area contributed by atoms with Crippen LogP contribution >= 0.6 is 0 Å². The molecular formula is C42H31BF12N2O6S2. The van der Waals surface area contributed by atoms with Crippen LogP contribution in [0.3, 0.4) is 0 Å². The normalized spacial score (nSPS) is 17.5. The van der Waals surface area contributed by atoms with Crippen LogP contribution in [0.1, 0.15) is 58.0 Å². The number of ether oxygens (including phenoxy) is 1. The average molecular weight is 963 g/mol. The van der Waals surface area contributed by atoms with Crippen LogP contribution in [0.15, 0.2) is 155 Å². The molecule has 344 valence electrons. The lowest BCUT2D eigenvalue weighted by atomic mass is 9.95. The molecule has 1 aliphatic heterocycles. The number of hydrogen-bond donors (Lipinski definition) is 0. The zero-order valence-electron chi connectivity index (χ0n) is 33.0. The van der Waals surface area contributed by atoms with Gasteiger partial charge in [-0.2, -0.15) is 61.1 Å². The molecular weight excluding hydrogens is 931 g/mol. The number of rotatable bonds is 12. The van der Waals surface area contributed by atoms with Gasteiger partial charge in [-0.25, -0.2) is 16.8 Å². The molecule has 0 unspecified atom stereocenters. The fraction of sp³-hybridized carbons (Fsp3) is 0.190. The van der Waals surface area contributed by atoms with Crippen molar-refractivity contribution in [2.24, 2.45) is 0 Å². The van der Waals surface area contributed by atoms with Gasteiger partial charge in [-0.15, -0.1) is 0 Å². The van der Waals surface area contributed by atoms with Crippen LogP contribution in [0.25, 0.3) is 6.08 Å². The van der Waals surface area contributed by atoms with Crippen molar-refractivity contribution in [2.45, 2.75) is 53.5 Å². The van der Waals surface area contributed by atoms with E-state index in [0.717, 1.165) is 6.08 Å². The molecule has 1 fully saturated rings. The summed E-state index contributed by atoms with van der Waals surface area (Å²) in [6.07, 6.45) is -18.5. The molecule has 0 amide bonds. The van der Waals surface area contributed by atoms with E-state index < -0.39 is 109 Å². The lowest BCUT2D eigenvalue weighted by Crippen LogP contribution is -2.51. The first-order valence-corrected chi connectivity index (χ1v) is 21.6. The Labute approximate surface area is 364 Å². The Bertz CT molecular complexity index is 2550. The van der Waals surface area contributed by atoms with Gasteiger partial charge in [0.25, 0.3) is 5.95 Å². The molecule has 2 atom stereocenters. The van der Waals surface area contributed by atoms with Crippen LogP contribution in [0.4, 0.5) is 52.7 Å². The minimum Gasteiger partial charge on any atom is -0.505 e. The maximum Gasteiger partial charge on any atom is 0.580 e. The fourth-order valence-corrected chi connectivity index (χ4v) is 10.3.